The van der Waals surface area contributed by atoms with Crippen LogP contribution in [0, 0.1) is 12.8 Å². The number of carbonyl (C=O) groups is 3. The molecule has 0 radical (unpaired) electrons. The number of morpholine rings is 1. The van der Waals surface area contributed by atoms with Crippen molar-refractivity contribution in [1.82, 2.24) is 15.2 Å². The number of imide groups is 1. The van der Waals surface area contributed by atoms with Crippen LogP contribution in [0.25, 0.3) is 0 Å². The van der Waals surface area contributed by atoms with Crippen LogP contribution >= 0.6 is 0 Å². The van der Waals surface area contributed by atoms with Gasteiger partial charge in [-0.15, -0.1) is 12.8 Å². The largest absolute Gasteiger partial charge is 0.497 e. The molecule has 1 fully saturated rings. The van der Waals surface area contributed by atoms with Crippen LogP contribution < -0.4 is 20.7 Å². The van der Waals surface area contributed by atoms with Crippen molar-refractivity contribution < 1.29 is 23.9 Å². The number of ether oxygens (including phenoxy) is 2. The number of amides is 3. The first-order valence-corrected chi connectivity index (χ1v) is 11.9. The lowest BCUT2D eigenvalue weighted by molar-refractivity contribution is -0.124. The zero-order valence-electron chi connectivity index (χ0n) is 22.4. The van der Waals surface area contributed by atoms with E-state index in [1.165, 1.54) is 7.05 Å². The Morgan fingerprint density at radius 1 is 1.19 bits per heavy atom. The van der Waals surface area contributed by atoms with Crippen LogP contribution in [0.4, 0.5) is 5.82 Å². The van der Waals surface area contributed by atoms with Gasteiger partial charge >= 0.3 is 0 Å². The molecule has 10 heteroatoms. The molecule has 4 rings (SSSR count). The third-order valence-electron chi connectivity index (χ3n) is 5.03. The third-order valence-corrected chi connectivity index (χ3v) is 5.03. The summed E-state index contributed by atoms with van der Waals surface area (Å²) in [4.78, 5) is 41.0. The minimum atomic E-state index is -0.328. The summed E-state index contributed by atoms with van der Waals surface area (Å²) >= 11 is 0. The molecule has 3 amide bonds. The van der Waals surface area contributed by atoms with E-state index in [4.69, 9.17) is 9.47 Å². The lowest BCUT2D eigenvalue weighted by Crippen LogP contribution is -2.36. The number of terminal acetylenes is 1. The predicted octanol–water partition coefficient (Wildman–Crippen LogP) is 1.86. The second-order valence-electron chi connectivity index (χ2n) is 7.17. The monoisotopic (exact) mass is 513 g/mol. The Kier molecular flexibility index (Phi) is 17.2. The van der Waals surface area contributed by atoms with E-state index < -0.39 is 0 Å². The molecule has 0 atom stereocenters. The Labute approximate surface area is 220 Å². The molecule has 0 aliphatic carbocycles. The van der Waals surface area contributed by atoms with Gasteiger partial charge in [-0.05, 0) is 36.4 Å². The summed E-state index contributed by atoms with van der Waals surface area (Å²) < 4.78 is 10.3. The Bertz CT molecular complexity index is 973. The number of nitrogens with zero attached hydrogens (tertiary/aromatic N) is 3. The van der Waals surface area contributed by atoms with Gasteiger partial charge < -0.3 is 25.0 Å². The van der Waals surface area contributed by atoms with Crippen LogP contribution in [0.1, 0.15) is 35.3 Å². The molecule has 3 heterocycles. The summed E-state index contributed by atoms with van der Waals surface area (Å²) in [7, 11) is 4.90. The maximum atomic E-state index is 11.5. The van der Waals surface area contributed by atoms with Gasteiger partial charge in [-0.25, -0.2) is 4.98 Å². The maximum Gasteiger partial charge on any atom is 0.254 e. The van der Waals surface area contributed by atoms with Crippen molar-refractivity contribution in [3.63, 3.8) is 0 Å². The number of carbonyl (C=O) groups excluding carboxylic acids is 3. The van der Waals surface area contributed by atoms with Crippen molar-refractivity contribution in [2.75, 3.05) is 52.4 Å². The first kappa shape index (κ1) is 33.1. The fourth-order valence-electron chi connectivity index (χ4n) is 3.36. The zero-order valence-corrected chi connectivity index (χ0v) is 22.4. The van der Waals surface area contributed by atoms with Crippen LogP contribution in [-0.4, -0.2) is 75.6 Å². The van der Waals surface area contributed by atoms with E-state index in [-0.39, 0.29) is 18.2 Å². The van der Waals surface area contributed by atoms with Crippen LogP contribution in [0.5, 0.6) is 5.75 Å². The normalized spacial score (nSPS) is 12.9. The Morgan fingerprint density at radius 2 is 1.84 bits per heavy atom. The number of hydrogen-bond acceptors (Lipinski definition) is 8. The summed E-state index contributed by atoms with van der Waals surface area (Å²) in [6.45, 7) is 7.80. The third kappa shape index (κ3) is 10.7. The van der Waals surface area contributed by atoms with E-state index in [1.54, 1.807) is 31.3 Å². The van der Waals surface area contributed by atoms with Gasteiger partial charge in [-0.2, -0.15) is 0 Å². The quantitative estimate of drug-likeness (QED) is 0.458. The highest BCUT2D eigenvalue weighted by Crippen LogP contribution is 2.25. The van der Waals surface area contributed by atoms with Crippen molar-refractivity contribution in [3.05, 3.63) is 53.2 Å². The highest BCUT2D eigenvalue weighted by atomic mass is 16.5. The van der Waals surface area contributed by atoms with Gasteiger partial charge in [0.05, 0.1) is 26.7 Å². The molecule has 2 aliphatic heterocycles. The number of nitrogens with two attached hydrogens (primary N) is 1. The van der Waals surface area contributed by atoms with Gasteiger partial charge in [-0.3, -0.25) is 19.7 Å². The first-order chi connectivity index (χ1) is 18.0. The molecule has 1 aromatic carbocycles. The van der Waals surface area contributed by atoms with Gasteiger partial charge in [0.25, 0.3) is 5.91 Å². The van der Waals surface area contributed by atoms with Gasteiger partial charge in [0.2, 0.25) is 12.3 Å². The molecular weight excluding hydrogens is 474 g/mol. The van der Waals surface area contributed by atoms with Crippen LogP contribution in [0.2, 0.25) is 0 Å². The van der Waals surface area contributed by atoms with Gasteiger partial charge in [0, 0.05) is 38.4 Å². The highest BCUT2D eigenvalue weighted by molar-refractivity contribution is 5.98. The van der Waals surface area contributed by atoms with E-state index in [1.807, 2.05) is 38.1 Å². The molecule has 1 aromatic heterocycles. The lowest BCUT2D eigenvalue weighted by atomic mass is 10.1. The van der Waals surface area contributed by atoms with E-state index >= 15 is 0 Å². The highest BCUT2D eigenvalue weighted by Gasteiger charge is 2.24. The summed E-state index contributed by atoms with van der Waals surface area (Å²) in [5, 5.41) is 2.10. The van der Waals surface area contributed by atoms with Crippen LogP contribution in [-0.2, 0) is 27.3 Å². The number of pyridine rings is 1. The molecular formula is C27H39N5O5. The average Bonchev–Trinajstić information content (AvgIpc) is 3.25. The van der Waals surface area contributed by atoms with Crippen molar-refractivity contribution in [1.29, 1.82) is 0 Å². The number of hydrogen-bond donors (Lipinski definition) is 2. The Balaban J connectivity index is 0.000000601. The van der Waals surface area contributed by atoms with Crippen molar-refractivity contribution in [2.45, 2.75) is 26.8 Å². The number of aromatic nitrogens is 1. The minimum absolute atomic E-state index is 0.0777. The Morgan fingerprint density at radius 3 is 2.38 bits per heavy atom. The molecule has 0 spiro atoms. The fraction of sp³-hybridized carbons (Fsp3) is 0.407. The van der Waals surface area contributed by atoms with Gasteiger partial charge in [0.1, 0.15) is 11.6 Å². The second-order valence-corrected chi connectivity index (χ2v) is 7.17. The minimum Gasteiger partial charge on any atom is -0.497 e. The van der Waals surface area contributed by atoms with Gasteiger partial charge in [-0.1, -0.05) is 26.0 Å². The smallest absolute Gasteiger partial charge is 0.254 e. The summed E-state index contributed by atoms with van der Waals surface area (Å²) in [5.74, 6) is 1.38. The SMILES string of the molecule is C#C.CC.CN.COc1ccc2c(c1)C(=O)N(C)C2.O=CNC(=O)Cc1ccc(N2CCOCC2)nc1. The predicted molar refractivity (Wildman–Crippen MR) is 145 cm³/mol. The van der Waals surface area contributed by atoms with E-state index in [2.05, 4.69) is 33.8 Å². The van der Waals surface area contributed by atoms with E-state index in [9.17, 15) is 14.4 Å². The summed E-state index contributed by atoms with van der Waals surface area (Å²) in [6, 6.07) is 9.35. The van der Waals surface area contributed by atoms with Crippen molar-refractivity contribution >= 4 is 24.0 Å². The van der Waals surface area contributed by atoms with Crippen molar-refractivity contribution in [2.24, 2.45) is 5.73 Å². The Hall–Kier alpha value is -3.94. The molecule has 0 bridgehead atoms. The standard InChI is InChI=1S/C12H15N3O3.C10H11NO2.C2H6.C2H2.CH5N/c16-9-14-12(17)7-10-1-2-11(13-8-10)15-3-5-18-6-4-15;1-11-6-7-3-4-8(13-2)5-9(7)10(11)12;3*1-2/h1-2,8-9H,3-7H2,(H,14,16,17);3-5H,6H2,1-2H3;1-2H3;1-2H;2H2,1H3. The topological polar surface area (TPSA) is 127 Å². The molecule has 10 nitrogen and oxygen atoms in total. The molecule has 202 valence electrons. The van der Waals surface area contributed by atoms with Crippen LogP contribution in [0.15, 0.2) is 36.5 Å². The molecule has 0 saturated carbocycles. The summed E-state index contributed by atoms with van der Waals surface area (Å²) in [5.41, 5.74) is 7.13. The number of anilines is 1. The second kappa shape index (κ2) is 19.3. The number of benzene rings is 1. The maximum absolute atomic E-state index is 11.5. The first-order valence-electron chi connectivity index (χ1n) is 11.9. The van der Waals surface area contributed by atoms with Crippen molar-refractivity contribution in [3.8, 4) is 18.6 Å². The molecule has 2 aliphatic rings. The molecule has 1 saturated heterocycles. The fourth-order valence-corrected chi connectivity index (χ4v) is 3.36. The number of fused-ring (bicyclic) bond motifs is 1. The number of methoxy groups -OCH3 is 1. The van der Waals surface area contributed by atoms with E-state index in [0.29, 0.717) is 26.2 Å². The molecule has 3 N–H and O–H groups in total. The van der Waals surface area contributed by atoms with Gasteiger partial charge in [0.15, 0.2) is 0 Å². The van der Waals surface area contributed by atoms with Crippen LogP contribution in [0.3, 0.4) is 0 Å². The number of rotatable bonds is 5. The van der Waals surface area contributed by atoms with E-state index in [0.717, 1.165) is 41.3 Å². The lowest BCUT2D eigenvalue weighted by Gasteiger charge is -2.27. The molecule has 2 aromatic rings. The number of nitrogens with one attached hydrogen (secondary N) is 1. The molecule has 0 unspecified atom stereocenters. The zero-order chi connectivity index (χ0) is 28.2. The molecule has 37 heavy (non-hydrogen) atoms. The summed E-state index contributed by atoms with van der Waals surface area (Å²) in [6.07, 6.45) is 10.2. The average molecular weight is 514 g/mol.